The monoisotopic (exact) mass is 253 g/mol. The molecule has 1 saturated heterocycles. The van der Waals surface area contributed by atoms with Crippen LogP contribution in [0.4, 0.5) is 0 Å². The van der Waals surface area contributed by atoms with E-state index in [4.69, 9.17) is 0 Å². The Labute approximate surface area is 114 Å². The summed E-state index contributed by atoms with van der Waals surface area (Å²) in [6, 6.07) is 20.1. The first-order valence-electron chi connectivity index (χ1n) is 6.76. The molecule has 0 spiro atoms. The molecule has 0 amide bonds. The van der Waals surface area contributed by atoms with Gasteiger partial charge in [-0.3, -0.25) is 4.90 Å². The zero-order valence-corrected chi connectivity index (χ0v) is 11.2. The number of rotatable bonds is 3. The first-order chi connectivity index (χ1) is 9.23. The van der Waals surface area contributed by atoms with E-state index in [-0.39, 0.29) is 6.04 Å². The summed E-state index contributed by atoms with van der Waals surface area (Å²) < 4.78 is 0. The van der Waals surface area contributed by atoms with Crippen LogP contribution in [0.15, 0.2) is 60.7 Å². The normalized spacial score (nSPS) is 20.0. The molecule has 1 fully saturated rings. The van der Waals surface area contributed by atoms with Crippen molar-refractivity contribution in [1.82, 2.24) is 4.90 Å². The van der Waals surface area contributed by atoms with Gasteiger partial charge in [-0.15, -0.1) is 0 Å². The van der Waals surface area contributed by atoms with Crippen LogP contribution in [0.5, 0.6) is 0 Å². The van der Waals surface area contributed by atoms with Gasteiger partial charge in [0, 0.05) is 6.04 Å². The van der Waals surface area contributed by atoms with Crippen molar-refractivity contribution < 1.29 is 5.11 Å². The highest BCUT2D eigenvalue weighted by molar-refractivity contribution is 5.38. The molecule has 1 aliphatic heterocycles. The van der Waals surface area contributed by atoms with E-state index in [1.165, 1.54) is 0 Å². The van der Waals surface area contributed by atoms with Crippen LogP contribution in [-0.2, 0) is 5.60 Å². The predicted octanol–water partition coefficient (Wildman–Crippen LogP) is 2.63. The molecule has 0 radical (unpaired) electrons. The van der Waals surface area contributed by atoms with Crippen LogP contribution < -0.4 is 0 Å². The van der Waals surface area contributed by atoms with Gasteiger partial charge in [0.05, 0.1) is 0 Å². The van der Waals surface area contributed by atoms with Crippen molar-refractivity contribution in [3.8, 4) is 0 Å². The molecule has 1 unspecified atom stereocenters. The Morgan fingerprint density at radius 3 is 1.74 bits per heavy atom. The van der Waals surface area contributed by atoms with E-state index in [1.807, 2.05) is 60.7 Å². The Kier molecular flexibility index (Phi) is 3.13. The summed E-state index contributed by atoms with van der Waals surface area (Å²) in [6.07, 6.45) is 1.02. The molecule has 3 rings (SSSR count). The standard InChI is InChI=1S/C17H19NO/c1-18-13-12-16(18)17(19,14-8-4-2-5-9-14)15-10-6-3-7-11-15/h2-11,16,19H,12-13H2,1H3. The summed E-state index contributed by atoms with van der Waals surface area (Å²) in [7, 11) is 2.07. The zero-order valence-electron chi connectivity index (χ0n) is 11.2. The van der Waals surface area contributed by atoms with Gasteiger partial charge in [-0.25, -0.2) is 0 Å². The van der Waals surface area contributed by atoms with Crippen LogP contribution in [0.1, 0.15) is 17.5 Å². The number of likely N-dealkylation sites (tertiary alicyclic amines) is 1. The number of likely N-dealkylation sites (N-methyl/N-ethyl adjacent to an activating group) is 1. The van der Waals surface area contributed by atoms with Gasteiger partial charge in [0.25, 0.3) is 0 Å². The third kappa shape index (κ3) is 1.97. The molecular weight excluding hydrogens is 234 g/mol. The van der Waals surface area contributed by atoms with Crippen molar-refractivity contribution in [3.05, 3.63) is 71.8 Å². The zero-order chi connectivity index (χ0) is 13.3. The number of benzene rings is 2. The number of hydrogen-bond donors (Lipinski definition) is 1. The van der Waals surface area contributed by atoms with Crippen LogP contribution in [0.25, 0.3) is 0 Å². The fourth-order valence-electron chi connectivity index (χ4n) is 2.98. The highest BCUT2D eigenvalue weighted by atomic mass is 16.3. The van der Waals surface area contributed by atoms with Crippen molar-refractivity contribution in [2.75, 3.05) is 13.6 Å². The molecular formula is C17H19NO. The Morgan fingerprint density at radius 2 is 1.42 bits per heavy atom. The summed E-state index contributed by atoms with van der Waals surface area (Å²) in [5.74, 6) is 0. The van der Waals surface area contributed by atoms with E-state index in [2.05, 4.69) is 11.9 Å². The summed E-state index contributed by atoms with van der Waals surface area (Å²) in [5.41, 5.74) is 1.02. The summed E-state index contributed by atoms with van der Waals surface area (Å²) in [5, 5.41) is 11.4. The quantitative estimate of drug-likeness (QED) is 0.909. The first kappa shape index (κ1) is 12.4. The minimum atomic E-state index is -0.921. The van der Waals surface area contributed by atoms with Gasteiger partial charge < -0.3 is 5.11 Å². The van der Waals surface area contributed by atoms with E-state index in [9.17, 15) is 5.11 Å². The highest BCUT2D eigenvalue weighted by Crippen LogP contribution is 2.40. The molecule has 1 atom stereocenters. The lowest BCUT2D eigenvalue weighted by atomic mass is 9.75. The second-order valence-electron chi connectivity index (χ2n) is 5.28. The lowest BCUT2D eigenvalue weighted by molar-refractivity contribution is -0.0594. The third-order valence-electron chi connectivity index (χ3n) is 4.20. The molecule has 2 heteroatoms. The van der Waals surface area contributed by atoms with Crippen LogP contribution in [0.2, 0.25) is 0 Å². The average Bonchev–Trinajstić information content (AvgIpc) is 2.47. The van der Waals surface area contributed by atoms with Crippen molar-refractivity contribution in [2.45, 2.75) is 18.1 Å². The predicted molar refractivity (Wildman–Crippen MR) is 76.9 cm³/mol. The van der Waals surface area contributed by atoms with Gasteiger partial charge in [0.2, 0.25) is 0 Å². The minimum Gasteiger partial charge on any atom is -0.379 e. The summed E-state index contributed by atoms with van der Waals surface area (Å²) >= 11 is 0. The molecule has 2 aromatic rings. The van der Waals surface area contributed by atoms with Crippen LogP contribution in [0, 0.1) is 0 Å². The van der Waals surface area contributed by atoms with Gasteiger partial charge in [0.1, 0.15) is 5.60 Å². The van der Waals surface area contributed by atoms with Crippen LogP contribution >= 0.6 is 0 Å². The fourth-order valence-corrected chi connectivity index (χ4v) is 2.98. The molecule has 2 nitrogen and oxygen atoms in total. The minimum absolute atomic E-state index is 0.150. The van der Waals surface area contributed by atoms with E-state index < -0.39 is 5.60 Å². The van der Waals surface area contributed by atoms with Gasteiger partial charge in [-0.05, 0) is 31.1 Å². The molecule has 0 saturated carbocycles. The van der Waals surface area contributed by atoms with Gasteiger partial charge in [0.15, 0.2) is 0 Å². The largest absolute Gasteiger partial charge is 0.379 e. The second-order valence-corrected chi connectivity index (χ2v) is 5.28. The van der Waals surface area contributed by atoms with E-state index in [0.29, 0.717) is 0 Å². The summed E-state index contributed by atoms with van der Waals surface area (Å²) in [4.78, 5) is 2.22. The average molecular weight is 253 g/mol. The molecule has 19 heavy (non-hydrogen) atoms. The number of hydrogen-bond acceptors (Lipinski definition) is 2. The maximum atomic E-state index is 11.4. The molecule has 0 aromatic heterocycles. The van der Waals surface area contributed by atoms with Crippen molar-refractivity contribution >= 4 is 0 Å². The molecule has 1 N–H and O–H groups in total. The maximum Gasteiger partial charge on any atom is 0.130 e. The second kappa shape index (κ2) is 4.80. The molecule has 0 aliphatic carbocycles. The molecule has 98 valence electrons. The molecule has 0 bridgehead atoms. The Bertz CT molecular complexity index is 498. The lowest BCUT2D eigenvalue weighted by Gasteiger charge is -2.48. The van der Waals surface area contributed by atoms with Crippen molar-refractivity contribution in [3.63, 3.8) is 0 Å². The van der Waals surface area contributed by atoms with Crippen molar-refractivity contribution in [1.29, 1.82) is 0 Å². The maximum absolute atomic E-state index is 11.4. The van der Waals surface area contributed by atoms with Crippen LogP contribution in [0.3, 0.4) is 0 Å². The Morgan fingerprint density at radius 1 is 0.947 bits per heavy atom. The third-order valence-corrected chi connectivity index (χ3v) is 4.20. The SMILES string of the molecule is CN1CCC1C(O)(c1ccccc1)c1ccccc1. The van der Waals surface area contributed by atoms with Crippen molar-refractivity contribution in [2.24, 2.45) is 0 Å². The van der Waals surface area contributed by atoms with Gasteiger partial charge in [-0.2, -0.15) is 0 Å². The Hall–Kier alpha value is -1.64. The fraction of sp³-hybridized carbons (Fsp3) is 0.294. The van der Waals surface area contributed by atoms with Crippen LogP contribution in [-0.4, -0.2) is 29.6 Å². The number of aliphatic hydroxyl groups is 1. The lowest BCUT2D eigenvalue weighted by Crippen LogP contribution is -2.58. The molecule has 1 heterocycles. The first-order valence-corrected chi connectivity index (χ1v) is 6.76. The van der Waals surface area contributed by atoms with Gasteiger partial charge >= 0.3 is 0 Å². The van der Waals surface area contributed by atoms with E-state index in [0.717, 1.165) is 24.1 Å². The van der Waals surface area contributed by atoms with E-state index >= 15 is 0 Å². The van der Waals surface area contributed by atoms with E-state index in [1.54, 1.807) is 0 Å². The molecule has 2 aromatic carbocycles. The smallest absolute Gasteiger partial charge is 0.130 e. The topological polar surface area (TPSA) is 23.5 Å². The molecule has 1 aliphatic rings. The van der Waals surface area contributed by atoms with Gasteiger partial charge in [-0.1, -0.05) is 60.7 Å². The Balaban J connectivity index is 2.11. The highest BCUT2D eigenvalue weighted by Gasteiger charge is 2.46. The number of nitrogens with zero attached hydrogens (tertiary/aromatic N) is 1. The summed E-state index contributed by atoms with van der Waals surface area (Å²) in [6.45, 7) is 1.05.